The van der Waals surface area contributed by atoms with Crippen LogP contribution in [0.25, 0.3) is 0 Å². The third-order valence-electron chi connectivity index (χ3n) is 3.30. The molecule has 0 amide bonds. The van der Waals surface area contributed by atoms with Crippen molar-refractivity contribution in [2.24, 2.45) is 0 Å². The van der Waals surface area contributed by atoms with E-state index in [-0.39, 0.29) is 17.9 Å². The maximum absolute atomic E-state index is 13.1. The van der Waals surface area contributed by atoms with Crippen LogP contribution in [0.2, 0.25) is 0 Å². The molecule has 0 saturated carbocycles. The van der Waals surface area contributed by atoms with E-state index in [1.165, 1.54) is 17.7 Å². The quantitative estimate of drug-likeness (QED) is 0.687. The molecular formula is C16H16Br2FN. The van der Waals surface area contributed by atoms with Crippen LogP contribution in [-0.2, 0) is 0 Å². The van der Waals surface area contributed by atoms with Crippen molar-refractivity contribution in [3.8, 4) is 0 Å². The highest BCUT2D eigenvalue weighted by Crippen LogP contribution is 2.28. The van der Waals surface area contributed by atoms with Crippen molar-refractivity contribution in [1.82, 2.24) is 5.32 Å². The van der Waals surface area contributed by atoms with Crippen molar-refractivity contribution in [2.75, 3.05) is 0 Å². The molecule has 0 heterocycles. The number of hydrogen-bond donors (Lipinski definition) is 1. The first-order valence-corrected chi connectivity index (χ1v) is 8.03. The zero-order chi connectivity index (χ0) is 14.7. The predicted molar refractivity (Wildman–Crippen MR) is 88.2 cm³/mol. The van der Waals surface area contributed by atoms with E-state index < -0.39 is 0 Å². The molecule has 2 atom stereocenters. The minimum absolute atomic E-state index is 0.118. The summed E-state index contributed by atoms with van der Waals surface area (Å²) in [5.74, 6) is -0.230. The van der Waals surface area contributed by atoms with Gasteiger partial charge in [0.05, 0.1) is 0 Å². The summed E-state index contributed by atoms with van der Waals surface area (Å²) in [6.45, 7) is 4.19. The number of halogens is 3. The molecule has 20 heavy (non-hydrogen) atoms. The van der Waals surface area contributed by atoms with Gasteiger partial charge in [-0.2, -0.15) is 0 Å². The van der Waals surface area contributed by atoms with Crippen molar-refractivity contribution in [2.45, 2.75) is 25.9 Å². The fraction of sp³-hybridized carbons (Fsp3) is 0.250. The van der Waals surface area contributed by atoms with Crippen LogP contribution in [0.5, 0.6) is 0 Å². The van der Waals surface area contributed by atoms with Crippen LogP contribution in [0, 0.1) is 5.82 Å². The molecule has 1 nitrogen and oxygen atoms in total. The Morgan fingerprint density at radius 2 is 1.50 bits per heavy atom. The van der Waals surface area contributed by atoms with Gasteiger partial charge < -0.3 is 5.32 Å². The van der Waals surface area contributed by atoms with E-state index in [9.17, 15) is 4.39 Å². The van der Waals surface area contributed by atoms with Crippen LogP contribution in [0.3, 0.4) is 0 Å². The van der Waals surface area contributed by atoms with Crippen molar-refractivity contribution < 1.29 is 4.39 Å². The lowest BCUT2D eigenvalue weighted by Crippen LogP contribution is -2.23. The normalized spacial score (nSPS) is 14.1. The molecule has 0 fully saturated rings. The summed E-state index contributed by atoms with van der Waals surface area (Å²) in [6.07, 6.45) is 0. The second-order valence-corrected chi connectivity index (χ2v) is 6.51. The van der Waals surface area contributed by atoms with Crippen molar-refractivity contribution >= 4 is 31.9 Å². The lowest BCUT2D eigenvalue weighted by Gasteiger charge is -2.22. The Kier molecular flexibility index (Phi) is 5.35. The molecule has 0 bridgehead atoms. The zero-order valence-electron chi connectivity index (χ0n) is 11.3. The fourth-order valence-corrected chi connectivity index (χ4v) is 3.56. The maximum Gasteiger partial charge on any atom is 0.124 e. The first-order chi connectivity index (χ1) is 9.49. The predicted octanol–water partition coefficient (Wildman–Crippen LogP) is 5.76. The summed E-state index contributed by atoms with van der Waals surface area (Å²) >= 11 is 6.99. The minimum Gasteiger partial charge on any atom is -0.304 e. The van der Waals surface area contributed by atoms with E-state index in [4.69, 9.17) is 0 Å². The minimum atomic E-state index is -0.230. The van der Waals surface area contributed by atoms with E-state index in [0.29, 0.717) is 0 Å². The van der Waals surface area contributed by atoms with Crippen molar-refractivity contribution in [3.63, 3.8) is 0 Å². The van der Waals surface area contributed by atoms with Gasteiger partial charge in [-0.3, -0.25) is 0 Å². The summed E-state index contributed by atoms with van der Waals surface area (Å²) in [6, 6.07) is 13.3. The molecule has 1 unspecified atom stereocenters. The number of nitrogens with one attached hydrogen (secondary N) is 1. The van der Waals surface area contributed by atoms with Gasteiger partial charge in [0.2, 0.25) is 0 Å². The van der Waals surface area contributed by atoms with E-state index in [1.807, 2.05) is 24.3 Å². The Labute approximate surface area is 135 Å². The molecule has 1 N–H and O–H groups in total. The monoisotopic (exact) mass is 399 g/mol. The second kappa shape index (κ2) is 6.83. The molecular weight excluding hydrogens is 385 g/mol. The number of hydrogen-bond acceptors (Lipinski definition) is 1. The average Bonchev–Trinajstić information content (AvgIpc) is 2.38. The molecule has 4 heteroatoms. The van der Waals surface area contributed by atoms with Crippen LogP contribution >= 0.6 is 31.9 Å². The van der Waals surface area contributed by atoms with E-state index >= 15 is 0 Å². The molecule has 106 valence electrons. The summed E-state index contributed by atoms with van der Waals surface area (Å²) in [5, 5.41) is 3.53. The molecule has 2 aromatic rings. The Morgan fingerprint density at radius 1 is 0.900 bits per heavy atom. The Bertz CT molecular complexity index is 601. The largest absolute Gasteiger partial charge is 0.304 e. The first kappa shape index (κ1) is 15.7. The molecule has 2 rings (SSSR count). The van der Waals surface area contributed by atoms with Gasteiger partial charge in [-0.1, -0.05) is 56.1 Å². The molecule has 0 saturated heterocycles. The van der Waals surface area contributed by atoms with Gasteiger partial charge in [-0.15, -0.1) is 0 Å². The molecule has 0 aliphatic carbocycles. The van der Waals surface area contributed by atoms with Crippen LogP contribution < -0.4 is 5.32 Å². The highest BCUT2D eigenvalue weighted by atomic mass is 79.9. The maximum atomic E-state index is 13.1. The fourth-order valence-electron chi connectivity index (χ4n) is 2.23. The third kappa shape index (κ3) is 3.68. The molecule has 0 aromatic heterocycles. The summed E-state index contributed by atoms with van der Waals surface area (Å²) in [4.78, 5) is 0. The molecule has 0 aliphatic heterocycles. The number of benzene rings is 2. The average molecular weight is 401 g/mol. The van der Waals surface area contributed by atoms with E-state index in [0.717, 1.165) is 14.5 Å². The highest BCUT2D eigenvalue weighted by Gasteiger charge is 2.15. The summed E-state index contributed by atoms with van der Waals surface area (Å²) in [5.41, 5.74) is 2.25. The van der Waals surface area contributed by atoms with Gasteiger partial charge in [0.15, 0.2) is 0 Å². The van der Waals surface area contributed by atoms with Crippen LogP contribution in [-0.4, -0.2) is 0 Å². The van der Waals surface area contributed by atoms with Crippen LogP contribution in [0.15, 0.2) is 51.4 Å². The first-order valence-electron chi connectivity index (χ1n) is 6.44. The standard InChI is InChI=1S/C16H16Br2FN/c1-10(13-5-3-4-6-15(13)17)20-11(2)14-8-7-12(19)9-16(14)18/h3-11,20H,1-2H3/t10-,11?/m0/s1. The lowest BCUT2D eigenvalue weighted by atomic mass is 10.0. The third-order valence-corrected chi connectivity index (χ3v) is 4.71. The van der Waals surface area contributed by atoms with Crippen molar-refractivity contribution in [1.29, 1.82) is 0 Å². The van der Waals surface area contributed by atoms with Gasteiger partial charge in [0.25, 0.3) is 0 Å². The summed E-state index contributed by atoms with van der Waals surface area (Å²) in [7, 11) is 0. The molecule has 0 aliphatic rings. The summed E-state index contributed by atoms with van der Waals surface area (Å²) < 4.78 is 15.0. The second-order valence-electron chi connectivity index (χ2n) is 4.80. The lowest BCUT2D eigenvalue weighted by molar-refractivity contribution is 0.491. The topological polar surface area (TPSA) is 12.0 Å². The molecule has 2 aromatic carbocycles. The van der Waals surface area contributed by atoms with Gasteiger partial charge >= 0.3 is 0 Å². The Balaban J connectivity index is 2.15. The highest BCUT2D eigenvalue weighted by molar-refractivity contribution is 9.10. The van der Waals surface area contributed by atoms with Gasteiger partial charge in [0, 0.05) is 21.0 Å². The van der Waals surface area contributed by atoms with Crippen LogP contribution in [0.4, 0.5) is 4.39 Å². The van der Waals surface area contributed by atoms with E-state index in [2.05, 4.69) is 57.1 Å². The number of rotatable bonds is 4. The Hall–Kier alpha value is -0.710. The zero-order valence-corrected chi connectivity index (χ0v) is 14.5. The molecule has 0 radical (unpaired) electrons. The van der Waals surface area contributed by atoms with Gasteiger partial charge in [-0.25, -0.2) is 4.39 Å². The van der Waals surface area contributed by atoms with Gasteiger partial charge in [0.1, 0.15) is 5.82 Å². The SMILES string of the molecule is CC(N[C@@H](C)c1ccccc1Br)c1ccc(F)cc1Br. The van der Waals surface area contributed by atoms with E-state index in [1.54, 1.807) is 0 Å². The van der Waals surface area contributed by atoms with Crippen LogP contribution in [0.1, 0.15) is 37.1 Å². The Morgan fingerprint density at radius 3 is 2.10 bits per heavy atom. The van der Waals surface area contributed by atoms with Crippen molar-refractivity contribution in [3.05, 3.63) is 68.4 Å². The molecule has 0 spiro atoms. The van der Waals surface area contributed by atoms with Gasteiger partial charge in [-0.05, 0) is 43.2 Å². The smallest absolute Gasteiger partial charge is 0.124 e.